The van der Waals surface area contributed by atoms with Gasteiger partial charge in [-0.3, -0.25) is 24.6 Å². The van der Waals surface area contributed by atoms with Crippen LogP contribution in [0, 0.1) is 0 Å². The summed E-state index contributed by atoms with van der Waals surface area (Å²) in [7, 11) is 0. The molecule has 2 N–H and O–H groups in total. The predicted octanol–water partition coefficient (Wildman–Crippen LogP) is 1.47. The van der Waals surface area contributed by atoms with Gasteiger partial charge in [0.15, 0.2) is 0 Å². The number of fused-ring (bicyclic) bond motifs is 1. The van der Waals surface area contributed by atoms with Crippen LogP contribution in [0.15, 0.2) is 24.3 Å². The molecule has 21 heavy (non-hydrogen) atoms. The highest BCUT2D eigenvalue weighted by Crippen LogP contribution is 2.22. The lowest BCUT2D eigenvalue weighted by Gasteiger charge is -2.28. The highest BCUT2D eigenvalue weighted by atomic mass is 16.4. The number of hydrogen-bond acceptors (Lipinski definition) is 4. The van der Waals surface area contributed by atoms with Crippen molar-refractivity contribution in [3.05, 3.63) is 35.4 Å². The zero-order chi connectivity index (χ0) is 15.6. The maximum Gasteiger partial charge on any atom is 0.323 e. The van der Waals surface area contributed by atoms with Crippen LogP contribution in [0.25, 0.3) is 0 Å². The van der Waals surface area contributed by atoms with Gasteiger partial charge in [0, 0.05) is 0 Å². The van der Waals surface area contributed by atoms with Gasteiger partial charge >= 0.3 is 5.97 Å². The molecule has 1 unspecified atom stereocenters. The Morgan fingerprint density at radius 2 is 1.76 bits per heavy atom. The summed E-state index contributed by atoms with van der Waals surface area (Å²) in [4.78, 5) is 36.7. The smallest absolute Gasteiger partial charge is 0.323 e. The van der Waals surface area contributed by atoms with Crippen LogP contribution in [-0.4, -0.2) is 40.0 Å². The molecule has 1 aliphatic rings. The average Bonchev–Trinajstić information content (AvgIpc) is 2.70. The number of amides is 2. The van der Waals surface area contributed by atoms with Crippen molar-refractivity contribution in [2.75, 3.05) is 6.67 Å². The standard InChI is InChI=1S/C15H18N2O4/c1-3-8-15(2,14(20)21)16-9-17-12(18)10-6-4-5-7-11(10)13(17)19/h4-7,16H,3,8-9H2,1-2H3,(H,20,21). The van der Waals surface area contributed by atoms with E-state index in [9.17, 15) is 19.5 Å². The van der Waals surface area contributed by atoms with E-state index in [-0.39, 0.29) is 6.67 Å². The Balaban J connectivity index is 2.14. The maximum atomic E-state index is 12.2. The van der Waals surface area contributed by atoms with Gasteiger partial charge in [-0.1, -0.05) is 25.5 Å². The van der Waals surface area contributed by atoms with E-state index in [0.29, 0.717) is 24.0 Å². The fourth-order valence-electron chi connectivity index (χ4n) is 2.41. The maximum absolute atomic E-state index is 12.2. The molecule has 2 amide bonds. The lowest BCUT2D eigenvalue weighted by molar-refractivity contribution is -0.144. The van der Waals surface area contributed by atoms with Crippen LogP contribution in [0.4, 0.5) is 0 Å². The fraction of sp³-hybridized carbons (Fsp3) is 0.400. The van der Waals surface area contributed by atoms with Gasteiger partial charge < -0.3 is 5.11 Å². The molecule has 2 rings (SSSR count). The molecule has 0 saturated heterocycles. The minimum absolute atomic E-state index is 0.116. The van der Waals surface area contributed by atoms with Crippen molar-refractivity contribution < 1.29 is 19.5 Å². The van der Waals surface area contributed by atoms with Gasteiger partial charge in [0.25, 0.3) is 11.8 Å². The zero-order valence-electron chi connectivity index (χ0n) is 12.0. The van der Waals surface area contributed by atoms with Crippen LogP contribution in [-0.2, 0) is 4.79 Å². The molecule has 6 heteroatoms. The van der Waals surface area contributed by atoms with Crippen molar-refractivity contribution in [1.82, 2.24) is 10.2 Å². The summed E-state index contributed by atoms with van der Waals surface area (Å²) >= 11 is 0. The van der Waals surface area contributed by atoms with Crippen LogP contribution in [0.2, 0.25) is 0 Å². The minimum Gasteiger partial charge on any atom is -0.480 e. The predicted molar refractivity (Wildman–Crippen MR) is 75.9 cm³/mol. The first-order valence-electron chi connectivity index (χ1n) is 6.84. The number of carboxylic acids is 1. The van der Waals surface area contributed by atoms with Crippen molar-refractivity contribution in [3.63, 3.8) is 0 Å². The Morgan fingerprint density at radius 3 is 2.19 bits per heavy atom. The Labute approximate surface area is 122 Å². The van der Waals surface area contributed by atoms with Crippen LogP contribution in [0.3, 0.4) is 0 Å². The molecule has 0 radical (unpaired) electrons. The van der Waals surface area contributed by atoms with E-state index in [1.54, 1.807) is 31.2 Å². The highest BCUT2D eigenvalue weighted by Gasteiger charge is 2.38. The lowest BCUT2D eigenvalue weighted by atomic mass is 9.97. The summed E-state index contributed by atoms with van der Waals surface area (Å²) in [5.74, 6) is -1.79. The first-order chi connectivity index (χ1) is 9.90. The Bertz CT molecular complexity index is 564. The summed E-state index contributed by atoms with van der Waals surface area (Å²) in [5.41, 5.74) is -0.446. The Hall–Kier alpha value is -2.21. The molecule has 1 atom stereocenters. The normalized spacial score (nSPS) is 16.8. The number of imide groups is 1. The molecule has 0 spiro atoms. The lowest BCUT2D eigenvalue weighted by Crippen LogP contribution is -2.54. The number of hydrogen-bond donors (Lipinski definition) is 2. The summed E-state index contributed by atoms with van der Waals surface area (Å²) in [5, 5.41) is 12.1. The second-order valence-electron chi connectivity index (χ2n) is 5.31. The molecule has 0 aliphatic carbocycles. The van der Waals surface area contributed by atoms with Crippen LogP contribution in [0.5, 0.6) is 0 Å². The van der Waals surface area contributed by atoms with Crippen LogP contribution < -0.4 is 5.32 Å². The second-order valence-corrected chi connectivity index (χ2v) is 5.31. The van der Waals surface area contributed by atoms with E-state index in [1.807, 2.05) is 6.92 Å². The molecule has 0 bridgehead atoms. The summed E-state index contributed by atoms with van der Waals surface area (Å²) < 4.78 is 0. The molecule has 0 fully saturated rings. The number of nitrogens with one attached hydrogen (secondary N) is 1. The van der Waals surface area contributed by atoms with Gasteiger partial charge in [0.1, 0.15) is 5.54 Å². The van der Waals surface area contributed by atoms with E-state index in [4.69, 9.17) is 0 Å². The topological polar surface area (TPSA) is 86.7 Å². The molecular formula is C15H18N2O4. The number of carbonyl (C=O) groups is 3. The number of aliphatic carboxylic acids is 1. The fourth-order valence-corrected chi connectivity index (χ4v) is 2.41. The molecule has 1 aromatic rings. The average molecular weight is 290 g/mol. The van der Waals surface area contributed by atoms with E-state index in [0.717, 1.165) is 4.90 Å². The van der Waals surface area contributed by atoms with Gasteiger partial charge in [-0.05, 0) is 25.5 Å². The van der Waals surface area contributed by atoms with Gasteiger partial charge in [0.2, 0.25) is 0 Å². The number of benzene rings is 1. The zero-order valence-corrected chi connectivity index (χ0v) is 12.0. The molecule has 0 aromatic heterocycles. The molecule has 1 aromatic carbocycles. The number of nitrogens with zero attached hydrogens (tertiary/aromatic N) is 1. The highest BCUT2D eigenvalue weighted by molar-refractivity contribution is 6.21. The third-order valence-corrected chi connectivity index (χ3v) is 3.73. The third-order valence-electron chi connectivity index (χ3n) is 3.73. The Morgan fingerprint density at radius 1 is 1.24 bits per heavy atom. The second kappa shape index (κ2) is 5.65. The monoisotopic (exact) mass is 290 g/mol. The number of carbonyl (C=O) groups excluding carboxylic acids is 2. The summed E-state index contributed by atoms with van der Waals surface area (Å²) in [6, 6.07) is 6.58. The van der Waals surface area contributed by atoms with Gasteiger partial charge in [-0.2, -0.15) is 0 Å². The first-order valence-corrected chi connectivity index (χ1v) is 6.84. The minimum atomic E-state index is -1.16. The molecule has 1 heterocycles. The first kappa shape index (κ1) is 15.2. The van der Waals surface area contributed by atoms with Crippen molar-refractivity contribution in [2.24, 2.45) is 0 Å². The van der Waals surface area contributed by atoms with E-state index >= 15 is 0 Å². The largest absolute Gasteiger partial charge is 0.480 e. The Kier molecular flexibility index (Phi) is 4.09. The van der Waals surface area contributed by atoms with E-state index in [1.165, 1.54) is 0 Å². The molecule has 1 aliphatic heterocycles. The van der Waals surface area contributed by atoms with Crippen molar-refractivity contribution >= 4 is 17.8 Å². The number of carboxylic acid groups (broad SMARTS) is 1. The van der Waals surface area contributed by atoms with Gasteiger partial charge in [-0.15, -0.1) is 0 Å². The van der Waals surface area contributed by atoms with Crippen molar-refractivity contribution in [3.8, 4) is 0 Å². The summed E-state index contributed by atoms with van der Waals surface area (Å²) in [6.07, 6.45) is 1.09. The van der Waals surface area contributed by atoms with Gasteiger partial charge in [0.05, 0.1) is 17.8 Å². The molecular weight excluding hydrogens is 272 g/mol. The van der Waals surface area contributed by atoms with E-state index < -0.39 is 23.3 Å². The van der Waals surface area contributed by atoms with Crippen LogP contribution >= 0.6 is 0 Å². The van der Waals surface area contributed by atoms with E-state index in [2.05, 4.69) is 5.32 Å². The molecule has 112 valence electrons. The number of rotatable bonds is 6. The van der Waals surface area contributed by atoms with Crippen molar-refractivity contribution in [1.29, 1.82) is 0 Å². The third kappa shape index (κ3) is 2.67. The molecule has 6 nitrogen and oxygen atoms in total. The SMILES string of the molecule is CCCC(C)(NCN1C(=O)c2ccccc2C1=O)C(=O)O. The summed E-state index contributed by atoms with van der Waals surface area (Å²) in [6.45, 7) is 3.32. The van der Waals surface area contributed by atoms with Crippen LogP contribution in [0.1, 0.15) is 47.4 Å². The molecule has 0 saturated carbocycles. The van der Waals surface area contributed by atoms with Gasteiger partial charge in [-0.25, -0.2) is 0 Å². The van der Waals surface area contributed by atoms with Crippen molar-refractivity contribution in [2.45, 2.75) is 32.2 Å². The quantitative estimate of drug-likeness (QED) is 0.775.